The van der Waals surface area contributed by atoms with E-state index in [0.717, 1.165) is 0 Å². The van der Waals surface area contributed by atoms with Gasteiger partial charge in [0.2, 0.25) is 0 Å². The maximum Gasteiger partial charge on any atom is 0.435 e. The Balaban J connectivity index is 2.60. The molecule has 0 aliphatic heterocycles. The number of rotatable bonds is 2. The molecule has 0 aromatic carbocycles. The van der Waals surface area contributed by atoms with Crippen molar-refractivity contribution in [3.05, 3.63) is 25.8 Å². The molecule has 0 unspecified atom stereocenters. The molecule has 0 saturated carbocycles. The van der Waals surface area contributed by atoms with Crippen LogP contribution < -0.4 is 0 Å². The highest BCUT2D eigenvalue weighted by molar-refractivity contribution is 9.10. The summed E-state index contributed by atoms with van der Waals surface area (Å²) in [6, 6.07) is 0. The number of alkyl halides is 3. The lowest BCUT2D eigenvalue weighted by atomic mass is 10.3. The molecule has 0 radical (unpaired) electrons. The topological polar surface area (TPSA) is 50.2 Å². The second kappa shape index (κ2) is 4.63. The molecule has 0 bridgehead atoms. The molecular formula is C9H3BrF3NO2S2. The quantitative estimate of drug-likeness (QED) is 0.868. The van der Waals surface area contributed by atoms with Crippen molar-refractivity contribution in [2.75, 3.05) is 0 Å². The summed E-state index contributed by atoms with van der Waals surface area (Å²) >= 11 is 4.97. The number of carboxylic acids is 1. The average Bonchev–Trinajstić information content (AvgIpc) is 2.81. The van der Waals surface area contributed by atoms with Gasteiger partial charge in [-0.3, -0.25) is 0 Å². The van der Waals surface area contributed by atoms with Crippen LogP contribution in [-0.4, -0.2) is 16.1 Å². The van der Waals surface area contributed by atoms with Crippen molar-refractivity contribution >= 4 is 44.6 Å². The van der Waals surface area contributed by atoms with Gasteiger partial charge in [-0.15, -0.1) is 11.3 Å². The van der Waals surface area contributed by atoms with Gasteiger partial charge in [-0.05, 0) is 15.9 Å². The number of aromatic carboxylic acids is 1. The van der Waals surface area contributed by atoms with E-state index in [9.17, 15) is 18.0 Å². The Kier molecular flexibility index (Phi) is 3.47. The molecule has 0 aliphatic carbocycles. The summed E-state index contributed by atoms with van der Waals surface area (Å²) in [5, 5.41) is 12.1. The molecule has 2 heterocycles. The maximum atomic E-state index is 12.6. The van der Waals surface area contributed by atoms with Crippen LogP contribution in [0.3, 0.4) is 0 Å². The Bertz CT molecular complexity index is 605. The van der Waals surface area contributed by atoms with Gasteiger partial charge in [0, 0.05) is 20.8 Å². The van der Waals surface area contributed by atoms with Crippen LogP contribution in [0.25, 0.3) is 10.6 Å². The summed E-state index contributed by atoms with van der Waals surface area (Å²) in [6.07, 6.45) is -4.77. The van der Waals surface area contributed by atoms with Gasteiger partial charge < -0.3 is 5.11 Å². The predicted octanol–water partition coefficient (Wildman–Crippen LogP) is 4.35. The van der Waals surface area contributed by atoms with Crippen LogP contribution in [-0.2, 0) is 6.18 Å². The van der Waals surface area contributed by atoms with Gasteiger partial charge in [0.25, 0.3) is 0 Å². The third-order valence-corrected chi connectivity index (χ3v) is 4.71. The second-order valence-electron chi connectivity index (χ2n) is 3.13. The smallest absolute Gasteiger partial charge is 0.435 e. The molecule has 0 fully saturated rings. The van der Waals surface area contributed by atoms with E-state index in [4.69, 9.17) is 5.11 Å². The average molecular weight is 358 g/mol. The third-order valence-electron chi connectivity index (χ3n) is 1.94. The Morgan fingerprint density at radius 1 is 1.39 bits per heavy atom. The molecule has 2 aromatic rings. The van der Waals surface area contributed by atoms with Gasteiger partial charge in [-0.2, -0.15) is 24.5 Å². The van der Waals surface area contributed by atoms with Crippen LogP contribution in [0.1, 0.15) is 15.4 Å². The fraction of sp³-hybridized carbons (Fsp3) is 0.111. The van der Waals surface area contributed by atoms with Crippen LogP contribution in [0.4, 0.5) is 13.2 Å². The fourth-order valence-corrected chi connectivity index (χ4v) is 3.83. The Morgan fingerprint density at radius 3 is 2.44 bits per heavy atom. The van der Waals surface area contributed by atoms with Crippen molar-refractivity contribution < 1.29 is 23.1 Å². The zero-order valence-corrected chi connectivity index (χ0v) is 11.5. The van der Waals surface area contributed by atoms with E-state index >= 15 is 0 Å². The van der Waals surface area contributed by atoms with Gasteiger partial charge >= 0.3 is 12.1 Å². The van der Waals surface area contributed by atoms with E-state index in [0.29, 0.717) is 21.4 Å². The van der Waals surface area contributed by atoms with Gasteiger partial charge in [-0.1, -0.05) is 0 Å². The van der Waals surface area contributed by atoms with E-state index in [2.05, 4.69) is 20.9 Å². The minimum Gasteiger partial charge on any atom is -0.477 e. The lowest BCUT2D eigenvalue weighted by Crippen LogP contribution is -2.11. The molecule has 9 heteroatoms. The van der Waals surface area contributed by atoms with Crippen LogP contribution in [0.15, 0.2) is 15.2 Å². The lowest BCUT2D eigenvalue weighted by Gasteiger charge is -2.02. The number of carbonyl (C=O) groups is 1. The van der Waals surface area contributed by atoms with E-state index in [1.165, 1.54) is 11.3 Å². The highest BCUT2D eigenvalue weighted by Crippen LogP contribution is 2.40. The highest BCUT2D eigenvalue weighted by Gasteiger charge is 2.40. The summed E-state index contributed by atoms with van der Waals surface area (Å²) in [5.41, 5.74) is -0.892. The number of hydrogen-bond acceptors (Lipinski definition) is 4. The molecule has 18 heavy (non-hydrogen) atoms. The van der Waals surface area contributed by atoms with Gasteiger partial charge in [0.15, 0.2) is 5.69 Å². The van der Waals surface area contributed by atoms with E-state index in [-0.39, 0.29) is 5.01 Å². The molecule has 0 atom stereocenters. The predicted molar refractivity (Wildman–Crippen MR) is 65.1 cm³/mol. The van der Waals surface area contributed by atoms with E-state index in [1.54, 1.807) is 10.8 Å². The van der Waals surface area contributed by atoms with Crippen molar-refractivity contribution in [1.82, 2.24) is 4.98 Å². The molecule has 96 valence electrons. The number of thiophene rings is 1. The van der Waals surface area contributed by atoms with Gasteiger partial charge in [0.05, 0.1) is 0 Å². The first-order valence-electron chi connectivity index (χ1n) is 4.34. The first-order chi connectivity index (χ1) is 8.30. The zero-order valence-electron chi connectivity index (χ0n) is 8.29. The van der Waals surface area contributed by atoms with E-state index < -0.39 is 22.7 Å². The fourth-order valence-electron chi connectivity index (χ4n) is 1.21. The molecule has 0 spiro atoms. The SMILES string of the molecule is O=C(O)c1sc(-c2cscc2Br)nc1C(F)(F)F. The number of carboxylic acid groups (broad SMARTS) is 1. The van der Waals surface area contributed by atoms with E-state index in [1.807, 2.05) is 0 Å². The number of hydrogen-bond donors (Lipinski definition) is 1. The summed E-state index contributed by atoms with van der Waals surface area (Å²) in [6.45, 7) is 0. The minimum absolute atomic E-state index is 0.0350. The molecule has 1 N–H and O–H groups in total. The maximum absolute atomic E-state index is 12.6. The molecule has 2 rings (SSSR count). The number of aromatic nitrogens is 1. The zero-order chi connectivity index (χ0) is 13.5. The minimum atomic E-state index is -4.77. The standard InChI is InChI=1S/C9H3BrF3NO2S2/c10-4-2-17-1-3(4)7-14-6(9(11,12)13)5(18-7)8(15)16/h1-2H,(H,15,16). The van der Waals surface area contributed by atoms with Crippen LogP contribution >= 0.6 is 38.6 Å². The summed E-state index contributed by atoms with van der Waals surface area (Å²) < 4.78 is 38.5. The van der Waals surface area contributed by atoms with Crippen molar-refractivity contribution in [3.8, 4) is 10.6 Å². The molecule has 0 aliphatic rings. The van der Waals surface area contributed by atoms with Crippen molar-refractivity contribution in [1.29, 1.82) is 0 Å². The first kappa shape index (κ1) is 13.5. The molecule has 2 aromatic heterocycles. The highest BCUT2D eigenvalue weighted by atomic mass is 79.9. The van der Waals surface area contributed by atoms with Crippen molar-refractivity contribution in [2.45, 2.75) is 6.18 Å². The number of halogens is 4. The van der Waals surface area contributed by atoms with Gasteiger partial charge in [-0.25, -0.2) is 9.78 Å². The van der Waals surface area contributed by atoms with Crippen molar-refractivity contribution in [2.24, 2.45) is 0 Å². The largest absolute Gasteiger partial charge is 0.477 e. The normalized spacial score (nSPS) is 11.8. The summed E-state index contributed by atoms with van der Waals surface area (Å²) in [7, 11) is 0. The first-order valence-corrected chi connectivity index (χ1v) is 6.89. The van der Waals surface area contributed by atoms with Crippen LogP contribution in [0.5, 0.6) is 0 Å². The lowest BCUT2D eigenvalue weighted by molar-refractivity contribution is -0.141. The molecule has 0 saturated heterocycles. The molecule has 3 nitrogen and oxygen atoms in total. The summed E-state index contributed by atoms with van der Waals surface area (Å²) in [5.74, 6) is -1.63. The Morgan fingerprint density at radius 2 is 2.06 bits per heavy atom. The monoisotopic (exact) mass is 357 g/mol. The second-order valence-corrected chi connectivity index (χ2v) is 5.73. The van der Waals surface area contributed by atoms with Crippen LogP contribution in [0, 0.1) is 0 Å². The summed E-state index contributed by atoms with van der Waals surface area (Å²) in [4.78, 5) is 13.4. The Labute approximate surface area is 115 Å². The molecular weight excluding hydrogens is 355 g/mol. The number of thiazole rings is 1. The Hall–Kier alpha value is -0.930. The van der Waals surface area contributed by atoms with Crippen LogP contribution in [0.2, 0.25) is 0 Å². The molecule has 0 amide bonds. The third kappa shape index (κ3) is 2.43. The number of nitrogens with zero attached hydrogens (tertiary/aromatic N) is 1. The van der Waals surface area contributed by atoms with Gasteiger partial charge in [0.1, 0.15) is 9.88 Å². The van der Waals surface area contributed by atoms with Crippen molar-refractivity contribution in [3.63, 3.8) is 0 Å².